The van der Waals surface area contributed by atoms with E-state index in [0.717, 1.165) is 55.6 Å². The summed E-state index contributed by atoms with van der Waals surface area (Å²) in [7, 11) is 0. The smallest absolute Gasteiger partial charge is 0.338 e. The van der Waals surface area contributed by atoms with Gasteiger partial charge in [0.15, 0.2) is 0 Å². The molecule has 2 saturated carbocycles. The zero-order chi connectivity index (χ0) is 25.2. The fourth-order valence-electron chi connectivity index (χ4n) is 5.98. The number of fused-ring (bicyclic) bond motifs is 4. The van der Waals surface area contributed by atoms with E-state index in [1.165, 1.54) is 12.8 Å². The summed E-state index contributed by atoms with van der Waals surface area (Å²) in [5, 5.41) is 0. The van der Waals surface area contributed by atoms with Gasteiger partial charge in [0.1, 0.15) is 11.7 Å². The Labute approximate surface area is 206 Å². The summed E-state index contributed by atoms with van der Waals surface area (Å²) in [6, 6.07) is 0. The average Bonchev–Trinajstić information content (AvgIpc) is 3.60. The number of hydrogen-bond acceptors (Lipinski definition) is 7. The van der Waals surface area contributed by atoms with E-state index in [9.17, 15) is 19.2 Å². The lowest BCUT2D eigenvalue weighted by Gasteiger charge is -2.24. The molecular formula is C28H36O7. The van der Waals surface area contributed by atoms with Gasteiger partial charge in [-0.15, -0.1) is 0 Å². The topological polar surface area (TPSA) is 96.0 Å². The van der Waals surface area contributed by atoms with Gasteiger partial charge >= 0.3 is 23.9 Å². The van der Waals surface area contributed by atoms with Crippen molar-refractivity contribution in [3.8, 4) is 0 Å². The third-order valence-corrected chi connectivity index (χ3v) is 7.50. The monoisotopic (exact) mass is 484 g/mol. The molecule has 190 valence electrons. The van der Waals surface area contributed by atoms with Crippen LogP contribution in [0, 0.1) is 35.5 Å². The molecule has 4 bridgehead atoms. The average molecular weight is 485 g/mol. The van der Waals surface area contributed by atoms with Gasteiger partial charge in [-0.05, 0) is 88.9 Å². The third kappa shape index (κ3) is 6.92. The molecule has 7 heteroatoms. The molecule has 0 aromatic rings. The normalized spacial score (nSPS) is 35.4. The summed E-state index contributed by atoms with van der Waals surface area (Å²) in [5.41, 5.74) is -0.345. The largest absolute Gasteiger partial charge is 0.462 e. The van der Waals surface area contributed by atoms with Crippen molar-refractivity contribution in [1.29, 1.82) is 0 Å². The number of ether oxygens (including phenoxy) is 3. The Morgan fingerprint density at radius 2 is 1.54 bits per heavy atom. The molecule has 0 aromatic carbocycles. The van der Waals surface area contributed by atoms with E-state index >= 15 is 0 Å². The van der Waals surface area contributed by atoms with E-state index in [1.807, 2.05) is 20.8 Å². The highest BCUT2D eigenvalue weighted by atomic mass is 16.6. The first kappa shape index (κ1) is 25.4. The van der Waals surface area contributed by atoms with Crippen molar-refractivity contribution < 1.29 is 33.4 Å². The Morgan fingerprint density at radius 3 is 1.94 bits per heavy atom. The van der Waals surface area contributed by atoms with Gasteiger partial charge in [-0.3, -0.25) is 9.59 Å². The van der Waals surface area contributed by atoms with Gasteiger partial charge in [0.05, 0.1) is 5.92 Å². The van der Waals surface area contributed by atoms with Gasteiger partial charge in [-0.1, -0.05) is 24.3 Å². The Morgan fingerprint density at radius 1 is 0.914 bits per heavy atom. The first-order valence-electron chi connectivity index (χ1n) is 12.8. The third-order valence-electron chi connectivity index (χ3n) is 7.50. The first-order chi connectivity index (χ1) is 16.6. The van der Waals surface area contributed by atoms with Crippen LogP contribution in [0.1, 0.15) is 65.7 Å². The minimum Gasteiger partial charge on any atom is -0.462 e. The predicted molar refractivity (Wildman–Crippen MR) is 128 cm³/mol. The molecule has 7 nitrogen and oxygen atoms in total. The van der Waals surface area contributed by atoms with Crippen molar-refractivity contribution in [3.63, 3.8) is 0 Å². The Hall–Kier alpha value is -2.70. The lowest BCUT2D eigenvalue weighted by Crippen LogP contribution is -2.30. The molecule has 7 unspecified atom stereocenters. The highest BCUT2D eigenvalue weighted by Crippen LogP contribution is 2.46. The molecule has 0 spiro atoms. The van der Waals surface area contributed by atoms with Gasteiger partial charge in [0, 0.05) is 18.6 Å². The summed E-state index contributed by atoms with van der Waals surface area (Å²) in [4.78, 5) is 42.6. The molecule has 2 aliphatic heterocycles. The zero-order valence-corrected chi connectivity index (χ0v) is 20.8. The van der Waals surface area contributed by atoms with E-state index in [0.29, 0.717) is 18.3 Å². The minimum atomic E-state index is -0.579. The summed E-state index contributed by atoms with van der Waals surface area (Å²) < 4.78 is 14.6. The molecule has 7 atom stereocenters. The molecule has 6 rings (SSSR count). The molecule has 35 heavy (non-hydrogen) atoms. The highest BCUT2D eigenvalue weighted by molar-refractivity contribution is 6.04. The number of hydrogen-bond donors (Lipinski definition) is 0. The van der Waals surface area contributed by atoms with Crippen molar-refractivity contribution in [1.82, 2.24) is 0 Å². The van der Waals surface area contributed by atoms with E-state index in [1.54, 1.807) is 0 Å². The van der Waals surface area contributed by atoms with Crippen LogP contribution in [0.25, 0.3) is 0 Å². The summed E-state index contributed by atoms with van der Waals surface area (Å²) in [6.07, 6.45) is 19.1. The molecule has 6 aliphatic rings. The minimum absolute atomic E-state index is 0.00523. The van der Waals surface area contributed by atoms with Crippen molar-refractivity contribution in [3.05, 3.63) is 36.5 Å². The predicted octanol–water partition coefficient (Wildman–Crippen LogP) is 4.46. The van der Waals surface area contributed by atoms with E-state index in [4.69, 9.17) is 9.47 Å². The quantitative estimate of drug-likeness (QED) is 0.253. The maximum atomic E-state index is 11.8. The lowest BCUT2D eigenvalue weighted by atomic mass is 9.88. The molecule has 2 heterocycles. The number of esters is 4. The number of cyclic esters (lactones) is 3. The van der Waals surface area contributed by atoms with Gasteiger partial charge in [0.2, 0.25) is 0 Å². The lowest BCUT2D eigenvalue weighted by molar-refractivity contribution is -0.161. The van der Waals surface area contributed by atoms with Crippen LogP contribution in [0.2, 0.25) is 0 Å². The first-order valence-corrected chi connectivity index (χ1v) is 12.8. The van der Waals surface area contributed by atoms with Crippen LogP contribution >= 0.6 is 0 Å². The van der Waals surface area contributed by atoms with Crippen molar-refractivity contribution in [2.45, 2.75) is 77.4 Å². The fraction of sp³-hybridized carbons (Fsp3) is 0.643. The summed E-state index contributed by atoms with van der Waals surface area (Å²) in [5.74, 6) is 2.48. The van der Waals surface area contributed by atoms with Crippen molar-refractivity contribution in [2.24, 2.45) is 35.5 Å². The second-order valence-corrected chi connectivity index (χ2v) is 11.4. The summed E-state index contributed by atoms with van der Waals surface area (Å²) >= 11 is 0. The van der Waals surface area contributed by atoms with Gasteiger partial charge < -0.3 is 14.2 Å². The van der Waals surface area contributed by atoms with Crippen LogP contribution in [-0.2, 0) is 33.4 Å². The molecule has 0 N–H and O–H groups in total. The fourth-order valence-corrected chi connectivity index (χ4v) is 5.98. The number of carbonyl (C=O) groups excluding carboxylic acids is 4. The molecule has 4 aliphatic carbocycles. The van der Waals surface area contributed by atoms with E-state index < -0.39 is 11.9 Å². The van der Waals surface area contributed by atoms with Crippen molar-refractivity contribution >= 4 is 23.9 Å². The Bertz CT molecular complexity index is 921. The molecular weight excluding hydrogens is 448 g/mol. The molecule has 0 amide bonds. The van der Waals surface area contributed by atoms with Gasteiger partial charge in [-0.25, -0.2) is 9.59 Å². The molecule has 3 fully saturated rings. The maximum absolute atomic E-state index is 11.8. The second kappa shape index (κ2) is 10.5. The van der Waals surface area contributed by atoms with Gasteiger partial charge in [-0.2, -0.15) is 0 Å². The molecule has 0 aromatic heterocycles. The highest BCUT2D eigenvalue weighted by Gasteiger charge is 2.42. The van der Waals surface area contributed by atoms with Crippen LogP contribution in [0.4, 0.5) is 0 Å². The van der Waals surface area contributed by atoms with Crippen LogP contribution < -0.4 is 0 Å². The van der Waals surface area contributed by atoms with E-state index in [2.05, 4.69) is 29.0 Å². The Balaban J connectivity index is 0.000000131. The maximum Gasteiger partial charge on any atom is 0.338 e. The second-order valence-electron chi connectivity index (χ2n) is 11.4. The molecule has 0 radical (unpaired) electrons. The Kier molecular flexibility index (Phi) is 7.62. The molecule has 1 saturated heterocycles. The van der Waals surface area contributed by atoms with Crippen LogP contribution in [0.5, 0.6) is 0 Å². The number of rotatable bonds is 3. The zero-order valence-electron chi connectivity index (χ0n) is 20.8. The number of carbonyl (C=O) groups is 4. The SMILES string of the molecule is CC(C)(C)OC(=O)C1CC2C=CC1C2.O=C1C=CC(=O)O1.O=C1CCC(CC2CC3C=CC2C3)O1. The van der Waals surface area contributed by atoms with Gasteiger partial charge in [0.25, 0.3) is 0 Å². The summed E-state index contributed by atoms with van der Waals surface area (Å²) in [6.45, 7) is 5.77. The van der Waals surface area contributed by atoms with Crippen LogP contribution in [-0.4, -0.2) is 35.6 Å². The standard InChI is InChI=1S/C12H16O2.C12H18O2.C4H2O3/c13-12-4-3-11(14-12)7-10-6-8-1-2-9(10)5-8;1-12(2,3)14-11(13)10-7-8-4-5-9(10)6-8;5-3-1-2-4(6)7-3/h1-2,8-11H,3-7H2;4-5,8-10H,6-7H2,1-3H3;1-2H. The van der Waals surface area contributed by atoms with Crippen LogP contribution in [0.15, 0.2) is 36.5 Å². The van der Waals surface area contributed by atoms with Crippen LogP contribution in [0.3, 0.4) is 0 Å². The van der Waals surface area contributed by atoms with Crippen molar-refractivity contribution in [2.75, 3.05) is 0 Å². The number of allylic oxidation sites excluding steroid dienone is 4. The van der Waals surface area contributed by atoms with E-state index in [-0.39, 0.29) is 29.6 Å².